The van der Waals surface area contributed by atoms with E-state index in [9.17, 15) is 8.42 Å². The first-order valence-electron chi connectivity index (χ1n) is 5.78. The Balaban J connectivity index is 2.30. The average molecular weight is 331 g/mol. The molecule has 0 aliphatic carbocycles. The van der Waals surface area contributed by atoms with E-state index in [2.05, 4.69) is 9.71 Å². The number of hydrogen-bond acceptors (Lipinski definition) is 3. The quantitative estimate of drug-likeness (QED) is 0.934. The molecule has 0 saturated heterocycles. The van der Waals surface area contributed by atoms with Gasteiger partial charge >= 0.3 is 0 Å². The van der Waals surface area contributed by atoms with Gasteiger partial charge in [-0.25, -0.2) is 13.1 Å². The summed E-state index contributed by atoms with van der Waals surface area (Å²) in [4.78, 5) is 3.92. The molecule has 1 N–H and O–H groups in total. The van der Waals surface area contributed by atoms with Gasteiger partial charge in [-0.2, -0.15) is 0 Å². The zero-order valence-corrected chi connectivity index (χ0v) is 12.9. The summed E-state index contributed by atoms with van der Waals surface area (Å²) >= 11 is 11.8. The van der Waals surface area contributed by atoms with Crippen LogP contribution in [0.25, 0.3) is 0 Å². The van der Waals surface area contributed by atoms with Crippen LogP contribution in [0.5, 0.6) is 0 Å². The SMILES string of the molecule is C[C@@H](NS(=O)(=O)c1cccc(Cl)c1Cl)c1cccnc1. The minimum absolute atomic E-state index is 0.0139. The fourth-order valence-corrected chi connectivity index (χ4v) is 3.68. The molecule has 1 atom stereocenters. The molecule has 2 aromatic rings. The Morgan fingerprint density at radius 1 is 1.20 bits per heavy atom. The first-order valence-corrected chi connectivity index (χ1v) is 8.02. The van der Waals surface area contributed by atoms with Crippen molar-refractivity contribution in [3.05, 3.63) is 58.3 Å². The van der Waals surface area contributed by atoms with Crippen molar-refractivity contribution >= 4 is 33.2 Å². The summed E-state index contributed by atoms with van der Waals surface area (Å²) in [5.74, 6) is 0. The molecule has 0 amide bonds. The summed E-state index contributed by atoms with van der Waals surface area (Å²) in [5.41, 5.74) is 0.759. The van der Waals surface area contributed by atoms with Crippen LogP contribution in [0.1, 0.15) is 18.5 Å². The molecule has 7 heteroatoms. The molecule has 0 radical (unpaired) electrons. The third-order valence-electron chi connectivity index (χ3n) is 2.72. The van der Waals surface area contributed by atoms with E-state index in [4.69, 9.17) is 23.2 Å². The van der Waals surface area contributed by atoms with E-state index in [1.165, 1.54) is 18.2 Å². The fourth-order valence-electron chi connectivity index (χ4n) is 1.69. The Hall–Kier alpha value is -1.14. The van der Waals surface area contributed by atoms with E-state index in [0.29, 0.717) is 0 Å². The standard InChI is InChI=1S/C13H12Cl2N2O2S/c1-9(10-4-3-7-16-8-10)17-20(18,19)12-6-2-5-11(14)13(12)15/h2-9,17H,1H3/t9-/m1/s1. The van der Waals surface area contributed by atoms with Gasteiger partial charge in [0.2, 0.25) is 10.0 Å². The van der Waals surface area contributed by atoms with Crippen LogP contribution in [-0.4, -0.2) is 13.4 Å². The van der Waals surface area contributed by atoms with Crippen LogP contribution in [0.15, 0.2) is 47.6 Å². The Bertz CT molecular complexity index is 706. The number of sulfonamides is 1. The number of benzene rings is 1. The van der Waals surface area contributed by atoms with Crippen LogP contribution >= 0.6 is 23.2 Å². The first-order chi connectivity index (χ1) is 9.42. The lowest BCUT2D eigenvalue weighted by Crippen LogP contribution is -2.27. The highest BCUT2D eigenvalue weighted by Gasteiger charge is 2.22. The second-order valence-corrected chi connectivity index (χ2v) is 6.65. The Morgan fingerprint density at radius 3 is 2.60 bits per heavy atom. The van der Waals surface area contributed by atoms with E-state index >= 15 is 0 Å². The molecule has 0 spiro atoms. The summed E-state index contributed by atoms with van der Waals surface area (Å²) in [6.45, 7) is 1.73. The first kappa shape index (κ1) is 15.3. The van der Waals surface area contributed by atoms with Gasteiger partial charge in [-0.05, 0) is 30.7 Å². The highest BCUT2D eigenvalue weighted by atomic mass is 35.5. The molecule has 0 unspecified atom stereocenters. The van der Waals surface area contributed by atoms with Gasteiger partial charge in [-0.15, -0.1) is 0 Å². The lowest BCUT2D eigenvalue weighted by molar-refractivity contribution is 0.566. The Kier molecular flexibility index (Phi) is 4.65. The number of nitrogens with zero attached hydrogens (tertiary/aromatic N) is 1. The van der Waals surface area contributed by atoms with Crippen LogP contribution in [0.2, 0.25) is 10.0 Å². The number of aromatic nitrogens is 1. The van der Waals surface area contributed by atoms with E-state index in [1.54, 1.807) is 31.5 Å². The largest absolute Gasteiger partial charge is 0.264 e. The maximum Gasteiger partial charge on any atom is 0.242 e. The maximum absolute atomic E-state index is 12.3. The number of pyridine rings is 1. The zero-order valence-electron chi connectivity index (χ0n) is 10.5. The summed E-state index contributed by atoms with van der Waals surface area (Å²) in [7, 11) is -3.76. The van der Waals surface area contributed by atoms with Gasteiger partial charge in [0, 0.05) is 18.4 Å². The second kappa shape index (κ2) is 6.10. The van der Waals surface area contributed by atoms with Gasteiger partial charge in [0.1, 0.15) is 4.90 Å². The van der Waals surface area contributed by atoms with Gasteiger partial charge < -0.3 is 0 Å². The molecular formula is C13H12Cl2N2O2S. The third kappa shape index (κ3) is 3.30. The van der Waals surface area contributed by atoms with Crippen molar-refractivity contribution in [1.82, 2.24) is 9.71 Å². The highest BCUT2D eigenvalue weighted by molar-refractivity contribution is 7.89. The molecule has 2 rings (SSSR count). The maximum atomic E-state index is 12.3. The van der Waals surface area contributed by atoms with Gasteiger partial charge in [-0.3, -0.25) is 4.98 Å². The molecule has 0 fully saturated rings. The Morgan fingerprint density at radius 2 is 1.95 bits per heavy atom. The van der Waals surface area contributed by atoms with Gasteiger partial charge in [0.15, 0.2) is 0 Å². The molecule has 0 bridgehead atoms. The van der Waals surface area contributed by atoms with E-state index in [0.717, 1.165) is 5.56 Å². The van der Waals surface area contributed by atoms with Crippen molar-refractivity contribution < 1.29 is 8.42 Å². The van der Waals surface area contributed by atoms with Crippen molar-refractivity contribution in [2.24, 2.45) is 0 Å². The number of rotatable bonds is 4. The third-order valence-corrected chi connectivity index (χ3v) is 5.24. The minimum Gasteiger partial charge on any atom is -0.264 e. The number of hydrogen-bond donors (Lipinski definition) is 1. The van der Waals surface area contributed by atoms with Crippen LogP contribution < -0.4 is 4.72 Å². The van der Waals surface area contributed by atoms with Crippen LogP contribution in [0.4, 0.5) is 0 Å². The molecular weight excluding hydrogens is 319 g/mol. The number of halogens is 2. The zero-order chi connectivity index (χ0) is 14.8. The summed E-state index contributed by atoms with van der Waals surface area (Å²) in [6.07, 6.45) is 3.23. The van der Waals surface area contributed by atoms with Gasteiger partial charge in [0.25, 0.3) is 0 Å². The van der Waals surface area contributed by atoms with Crippen molar-refractivity contribution in [3.63, 3.8) is 0 Å². The van der Waals surface area contributed by atoms with Crippen LogP contribution in [0, 0.1) is 0 Å². The lowest BCUT2D eigenvalue weighted by Gasteiger charge is -2.15. The lowest BCUT2D eigenvalue weighted by atomic mass is 10.2. The highest BCUT2D eigenvalue weighted by Crippen LogP contribution is 2.29. The van der Waals surface area contributed by atoms with E-state index in [-0.39, 0.29) is 14.9 Å². The molecule has 0 aliphatic rings. The molecule has 0 aliphatic heterocycles. The molecule has 20 heavy (non-hydrogen) atoms. The fraction of sp³-hybridized carbons (Fsp3) is 0.154. The Labute approximate surface area is 127 Å². The van der Waals surface area contributed by atoms with Crippen molar-refractivity contribution in [2.45, 2.75) is 17.9 Å². The number of nitrogens with one attached hydrogen (secondary N) is 1. The molecule has 1 aromatic carbocycles. The molecule has 0 saturated carbocycles. The second-order valence-electron chi connectivity index (χ2n) is 4.18. The van der Waals surface area contributed by atoms with E-state index < -0.39 is 16.1 Å². The molecule has 106 valence electrons. The predicted molar refractivity (Wildman–Crippen MR) is 79.4 cm³/mol. The van der Waals surface area contributed by atoms with Gasteiger partial charge in [0.05, 0.1) is 10.0 Å². The van der Waals surface area contributed by atoms with Crippen LogP contribution in [-0.2, 0) is 10.0 Å². The minimum atomic E-state index is -3.76. The molecule has 1 heterocycles. The topological polar surface area (TPSA) is 59.1 Å². The average Bonchev–Trinajstić information content (AvgIpc) is 2.42. The van der Waals surface area contributed by atoms with Crippen molar-refractivity contribution in [1.29, 1.82) is 0 Å². The van der Waals surface area contributed by atoms with Gasteiger partial charge in [-0.1, -0.05) is 35.3 Å². The summed E-state index contributed by atoms with van der Waals surface area (Å²) in [5, 5.41) is 0.212. The van der Waals surface area contributed by atoms with Crippen LogP contribution in [0.3, 0.4) is 0 Å². The summed E-state index contributed by atoms with van der Waals surface area (Å²) in [6, 6.07) is 7.59. The molecule has 4 nitrogen and oxygen atoms in total. The smallest absolute Gasteiger partial charge is 0.242 e. The normalized spacial score (nSPS) is 13.2. The van der Waals surface area contributed by atoms with Crippen molar-refractivity contribution in [3.8, 4) is 0 Å². The van der Waals surface area contributed by atoms with Crippen molar-refractivity contribution in [2.75, 3.05) is 0 Å². The monoisotopic (exact) mass is 330 g/mol. The summed E-state index contributed by atoms with van der Waals surface area (Å²) < 4.78 is 27.2. The molecule has 1 aromatic heterocycles. The van der Waals surface area contributed by atoms with E-state index in [1.807, 2.05) is 0 Å². The predicted octanol–water partition coefficient (Wildman–Crippen LogP) is 3.43.